The van der Waals surface area contributed by atoms with Crippen molar-refractivity contribution in [2.45, 2.75) is 39.5 Å². The molecule has 17 heavy (non-hydrogen) atoms. The van der Waals surface area contributed by atoms with Crippen molar-refractivity contribution < 1.29 is 5.11 Å². The Morgan fingerprint density at radius 2 is 1.82 bits per heavy atom. The smallest absolute Gasteiger partial charge is 0.115 e. The van der Waals surface area contributed by atoms with Gasteiger partial charge in [-0.25, -0.2) is 0 Å². The van der Waals surface area contributed by atoms with Crippen LogP contribution in [0.15, 0.2) is 24.3 Å². The number of phenolic OH excluding ortho intramolecular Hbond substituents is 1. The minimum Gasteiger partial charge on any atom is -0.508 e. The van der Waals surface area contributed by atoms with Crippen molar-refractivity contribution in [1.82, 2.24) is 0 Å². The number of phenols is 1. The fourth-order valence-corrected chi connectivity index (χ4v) is 2.15. The van der Waals surface area contributed by atoms with Gasteiger partial charge < -0.3 is 10.8 Å². The van der Waals surface area contributed by atoms with Crippen molar-refractivity contribution in [2.24, 2.45) is 11.1 Å². The molecule has 0 saturated carbocycles. The Morgan fingerprint density at radius 3 is 2.24 bits per heavy atom. The minimum atomic E-state index is -0.0134. The summed E-state index contributed by atoms with van der Waals surface area (Å²) in [6.07, 6.45) is 1.00. The van der Waals surface area contributed by atoms with Crippen LogP contribution in [0.25, 0.3) is 0 Å². The Labute approximate surface area is 111 Å². The zero-order valence-corrected chi connectivity index (χ0v) is 12.0. The Hall–Kier alpha value is -0.730. The van der Waals surface area contributed by atoms with E-state index in [0.717, 1.165) is 12.0 Å². The summed E-state index contributed by atoms with van der Waals surface area (Å²) >= 11 is 0. The number of nitrogens with two attached hydrogens (primary N) is 1. The molecular weight excluding hydrogens is 234 g/mol. The van der Waals surface area contributed by atoms with Gasteiger partial charge in [-0.15, -0.1) is 12.4 Å². The van der Waals surface area contributed by atoms with Gasteiger partial charge in [-0.3, -0.25) is 0 Å². The Balaban J connectivity index is 0.00000256. The molecule has 0 saturated heterocycles. The lowest BCUT2D eigenvalue weighted by Crippen LogP contribution is -2.44. The average Bonchev–Trinajstić information content (AvgIpc) is 2.27. The van der Waals surface area contributed by atoms with Crippen LogP contribution in [0.3, 0.4) is 0 Å². The molecule has 1 rings (SSSR count). The molecule has 0 aromatic heterocycles. The first-order valence-corrected chi connectivity index (χ1v) is 5.87. The van der Waals surface area contributed by atoms with Gasteiger partial charge in [0.25, 0.3) is 0 Å². The number of benzene rings is 1. The summed E-state index contributed by atoms with van der Waals surface area (Å²) in [6.45, 7) is 9.38. The van der Waals surface area contributed by atoms with Crippen LogP contribution in [0, 0.1) is 5.41 Å². The summed E-state index contributed by atoms with van der Waals surface area (Å²) in [4.78, 5) is 0. The highest BCUT2D eigenvalue weighted by Gasteiger charge is 2.39. The van der Waals surface area contributed by atoms with Gasteiger partial charge in [-0.2, -0.15) is 0 Å². The highest BCUT2D eigenvalue weighted by Crippen LogP contribution is 2.44. The van der Waals surface area contributed by atoms with Gasteiger partial charge in [0.15, 0.2) is 0 Å². The second kappa shape index (κ2) is 5.74. The van der Waals surface area contributed by atoms with E-state index in [1.807, 2.05) is 12.1 Å². The number of rotatable bonds is 4. The molecule has 0 heterocycles. The molecule has 0 radical (unpaired) electrons. The van der Waals surface area contributed by atoms with Gasteiger partial charge >= 0.3 is 0 Å². The molecule has 3 heteroatoms. The topological polar surface area (TPSA) is 46.2 Å². The normalized spacial score (nSPS) is 14.9. The first-order valence-electron chi connectivity index (χ1n) is 5.87. The molecule has 0 spiro atoms. The quantitative estimate of drug-likeness (QED) is 0.868. The Morgan fingerprint density at radius 1 is 1.24 bits per heavy atom. The van der Waals surface area contributed by atoms with Crippen LogP contribution in [0.1, 0.15) is 39.7 Å². The van der Waals surface area contributed by atoms with E-state index in [-0.39, 0.29) is 23.2 Å². The maximum atomic E-state index is 9.58. The monoisotopic (exact) mass is 257 g/mol. The summed E-state index contributed by atoms with van der Waals surface area (Å²) in [5.74, 6) is 0.324. The highest BCUT2D eigenvalue weighted by molar-refractivity contribution is 5.85. The zero-order valence-electron chi connectivity index (χ0n) is 11.2. The molecule has 0 bridgehead atoms. The second-order valence-corrected chi connectivity index (χ2v) is 5.32. The second-order valence-electron chi connectivity index (χ2n) is 5.32. The van der Waals surface area contributed by atoms with Gasteiger partial charge in [0.2, 0.25) is 0 Å². The van der Waals surface area contributed by atoms with Crippen LogP contribution in [0.5, 0.6) is 5.75 Å². The minimum absolute atomic E-state index is 0. The van der Waals surface area contributed by atoms with Crippen molar-refractivity contribution in [2.75, 3.05) is 6.54 Å². The first-order chi connectivity index (χ1) is 7.37. The van der Waals surface area contributed by atoms with Gasteiger partial charge in [0, 0.05) is 0 Å². The molecule has 0 fully saturated rings. The zero-order chi connectivity index (χ0) is 12.4. The van der Waals surface area contributed by atoms with E-state index in [0.29, 0.717) is 12.3 Å². The largest absolute Gasteiger partial charge is 0.508 e. The van der Waals surface area contributed by atoms with Crippen molar-refractivity contribution in [3.8, 4) is 5.75 Å². The Kier molecular flexibility index (Phi) is 5.50. The predicted octanol–water partition coefficient (Wildman–Crippen LogP) is 3.47. The fourth-order valence-electron chi connectivity index (χ4n) is 2.15. The third-order valence-corrected chi connectivity index (χ3v) is 4.19. The number of hydrogen-bond donors (Lipinski definition) is 2. The summed E-state index contributed by atoms with van der Waals surface area (Å²) in [5.41, 5.74) is 7.03. The van der Waals surface area contributed by atoms with E-state index in [1.165, 1.54) is 0 Å². The van der Waals surface area contributed by atoms with E-state index >= 15 is 0 Å². The van der Waals surface area contributed by atoms with Gasteiger partial charge in [-0.1, -0.05) is 39.8 Å². The molecule has 0 aliphatic rings. The Bertz CT molecular complexity index is 365. The average molecular weight is 258 g/mol. The molecule has 1 atom stereocenters. The molecule has 3 N–H and O–H groups in total. The summed E-state index contributed by atoms with van der Waals surface area (Å²) in [6, 6.07) is 7.52. The third kappa shape index (κ3) is 2.93. The van der Waals surface area contributed by atoms with Gasteiger partial charge in [0.05, 0.1) is 0 Å². The lowest BCUT2D eigenvalue weighted by Gasteiger charge is -2.44. The van der Waals surface area contributed by atoms with Crippen molar-refractivity contribution in [3.63, 3.8) is 0 Å². The van der Waals surface area contributed by atoms with Crippen LogP contribution in [0.4, 0.5) is 0 Å². The van der Waals surface area contributed by atoms with Gasteiger partial charge in [-0.05, 0) is 41.5 Å². The van der Waals surface area contributed by atoms with Crippen LogP contribution in [0.2, 0.25) is 0 Å². The predicted molar refractivity (Wildman–Crippen MR) is 75.8 cm³/mol. The first kappa shape index (κ1) is 16.3. The SMILES string of the molecule is CCC(C)(c1cccc(O)c1)C(C)(C)CN.Cl. The van der Waals surface area contributed by atoms with Crippen LogP contribution in [-0.2, 0) is 5.41 Å². The number of halogens is 1. The molecule has 1 aromatic rings. The maximum Gasteiger partial charge on any atom is 0.115 e. The van der Waals surface area contributed by atoms with Crippen LogP contribution < -0.4 is 5.73 Å². The van der Waals surface area contributed by atoms with E-state index in [9.17, 15) is 5.11 Å². The standard InChI is InChI=1S/C14H23NO.ClH/c1-5-14(4,13(2,3)10-15)11-7-6-8-12(16)9-11;/h6-9,16H,5,10,15H2,1-4H3;1H. The summed E-state index contributed by atoms with van der Waals surface area (Å²) in [7, 11) is 0. The van der Waals surface area contributed by atoms with Gasteiger partial charge in [0.1, 0.15) is 5.75 Å². The maximum absolute atomic E-state index is 9.58. The molecule has 1 unspecified atom stereocenters. The fraction of sp³-hybridized carbons (Fsp3) is 0.571. The molecule has 2 nitrogen and oxygen atoms in total. The number of hydrogen-bond acceptors (Lipinski definition) is 2. The van der Waals surface area contributed by atoms with E-state index < -0.39 is 0 Å². The number of aromatic hydroxyl groups is 1. The molecule has 98 valence electrons. The lowest BCUT2D eigenvalue weighted by molar-refractivity contribution is 0.180. The molecule has 0 aliphatic carbocycles. The van der Waals surface area contributed by atoms with Crippen molar-refractivity contribution in [3.05, 3.63) is 29.8 Å². The van der Waals surface area contributed by atoms with Crippen LogP contribution in [-0.4, -0.2) is 11.7 Å². The summed E-state index contributed by atoms with van der Waals surface area (Å²) in [5, 5.41) is 9.58. The molecular formula is C14H24ClNO. The molecule has 0 aliphatic heterocycles. The molecule has 0 amide bonds. The highest BCUT2D eigenvalue weighted by atomic mass is 35.5. The molecule has 1 aromatic carbocycles. The van der Waals surface area contributed by atoms with E-state index in [2.05, 4.69) is 33.8 Å². The summed E-state index contributed by atoms with van der Waals surface area (Å²) < 4.78 is 0. The van der Waals surface area contributed by atoms with E-state index in [1.54, 1.807) is 6.07 Å². The lowest BCUT2D eigenvalue weighted by atomic mass is 9.61. The van der Waals surface area contributed by atoms with Crippen molar-refractivity contribution >= 4 is 12.4 Å². The van der Waals surface area contributed by atoms with E-state index in [4.69, 9.17) is 5.73 Å². The third-order valence-electron chi connectivity index (χ3n) is 4.19. The van der Waals surface area contributed by atoms with Crippen molar-refractivity contribution in [1.29, 1.82) is 0 Å². The van der Waals surface area contributed by atoms with Crippen LogP contribution >= 0.6 is 12.4 Å².